The zero-order chi connectivity index (χ0) is 23.3. The van der Waals surface area contributed by atoms with Crippen LogP contribution < -0.4 is 5.32 Å². The molecule has 12 heteroatoms. The zero-order valence-corrected chi connectivity index (χ0v) is 19.7. The fraction of sp³-hybridized carbons (Fsp3) is 0. The number of hydrogen-bond donors (Lipinski definition) is 3. The molecule has 0 aliphatic rings. The van der Waals surface area contributed by atoms with Gasteiger partial charge in [-0.2, -0.15) is 15.2 Å². The Morgan fingerprint density at radius 3 is 2.35 bits per heavy atom. The molecular weight excluding hydrogens is 520 g/mol. The Bertz CT molecular complexity index is 1510. The summed E-state index contributed by atoms with van der Waals surface area (Å²) in [4.78, 5) is 24.7. The first-order valence-corrected chi connectivity index (χ1v) is 11.5. The molecular formula is C22H15BrN8O2S. The molecule has 0 radical (unpaired) electrons. The number of H-pyrrole nitrogens is 2. The lowest BCUT2D eigenvalue weighted by molar-refractivity contribution is 0.0996. The van der Waals surface area contributed by atoms with Crippen LogP contribution in [0.1, 0.15) is 10.6 Å². The maximum Gasteiger partial charge on any atom is 0.293 e. The summed E-state index contributed by atoms with van der Waals surface area (Å²) in [6, 6.07) is 14.6. The number of anilines is 1. The number of thiazole rings is 1. The number of carbonyl (C=O) groups excluding carboxylic acids is 1. The smallest absolute Gasteiger partial charge is 0.293 e. The minimum atomic E-state index is -0.343. The number of nitrogens with zero attached hydrogens (tertiary/aromatic N) is 5. The Balaban J connectivity index is 0.000000169. The van der Waals surface area contributed by atoms with Crippen LogP contribution in [0.25, 0.3) is 33.1 Å². The van der Waals surface area contributed by atoms with Gasteiger partial charge in [-0.25, -0.2) is 0 Å². The van der Waals surface area contributed by atoms with Gasteiger partial charge in [0.15, 0.2) is 16.5 Å². The lowest BCUT2D eigenvalue weighted by Gasteiger charge is -1.97. The van der Waals surface area contributed by atoms with Gasteiger partial charge in [-0.1, -0.05) is 23.5 Å². The maximum atomic E-state index is 12.0. The summed E-state index contributed by atoms with van der Waals surface area (Å²) in [6.45, 7) is 0. The van der Waals surface area contributed by atoms with Crippen molar-refractivity contribution in [3.8, 4) is 22.8 Å². The number of aromatic amines is 2. The van der Waals surface area contributed by atoms with E-state index in [1.54, 1.807) is 30.7 Å². The van der Waals surface area contributed by atoms with E-state index in [0.29, 0.717) is 10.8 Å². The molecule has 1 amide bonds. The summed E-state index contributed by atoms with van der Waals surface area (Å²) in [5.74, 6) is -0.107. The van der Waals surface area contributed by atoms with Gasteiger partial charge in [-0.3, -0.25) is 30.3 Å². The molecule has 0 aliphatic carbocycles. The average molecular weight is 535 g/mol. The number of hydrogen-bond acceptors (Lipinski definition) is 8. The van der Waals surface area contributed by atoms with E-state index in [1.165, 1.54) is 17.6 Å². The number of fused-ring (bicyclic) bond motifs is 1. The van der Waals surface area contributed by atoms with Crippen LogP contribution in [-0.2, 0) is 0 Å². The highest BCUT2D eigenvalue weighted by molar-refractivity contribution is 9.10. The van der Waals surface area contributed by atoms with E-state index in [0.717, 1.165) is 31.9 Å². The van der Waals surface area contributed by atoms with Crippen molar-refractivity contribution in [2.24, 2.45) is 0 Å². The summed E-state index contributed by atoms with van der Waals surface area (Å²) >= 11 is 4.70. The molecule has 0 spiro atoms. The first-order chi connectivity index (χ1) is 16.7. The highest BCUT2D eigenvalue weighted by atomic mass is 79.9. The summed E-state index contributed by atoms with van der Waals surface area (Å²) in [7, 11) is 0. The molecule has 3 N–H and O–H groups in total. The van der Waals surface area contributed by atoms with Crippen LogP contribution in [0, 0.1) is 0 Å². The second-order valence-electron chi connectivity index (χ2n) is 6.72. The van der Waals surface area contributed by atoms with Gasteiger partial charge in [0.2, 0.25) is 0 Å². The number of carbonyl (C=O) groups is 1. The van der Waals surface area contributed by atoms with Crippen LogP contribution in [0.2, 0.25) is 0 Å². The number of nitrogens with one attached hydrogen (secondary N) is 3. The molecule has 0 fully saturated rings. The topological polar surface area (TPSA) is 138 Å². The largest absolute Gasteiger partial charge is 0.459 e. The molecule has 10 nitrogen and oxygen atoms in total. The van der Waals surface area contributed by atoms with Crippen molar-refractivity contribution in [1.82, 2.24) is 35.3 Å². The maximum absolute atomic E-state index is 12.0. The second kappa shape index (κ2) is 9.77. The van der Waals surface area contributed by atoms with Gasteiger partial charge in [-0.15, -0.1) is 0 Å². The highest BCUT2D eigenvalue weighted by Gasteiger charge is 2.17. The van der Waals surface area contributed by atoms with Gasteiger partial charge in [0, 0.05) is 12.4 Å². The molecule has 0 bridgehead atoms. The number of furan rings is 1. The van der Waals surface area contributed by atoms with Crippen molar-refractivity contribution in [3.63, 3.8) is 0 Å². The van der Waals surface area contributed by atoms with Gasteiger partial charge in [0.05, 0.1) is 34.0 Å². The molecule has 6 aromatic heterocycles. The quantitative estimate of drug-likeness (QED) is 0.283. The number of amides is 1. The zero-order valence-electron chi connectivity index (χ0n) is 17.3. The first kappa shape index (κ1) is 21.7. The first-order valence-electron chi connectivity index (χ1n) is 9.90. The molecule has 168 valence electrons. The monoisotopic (exact) mass is 534 g/mol. The lowest BCUT2D eigenvalue weighted by atomic mass is 10.3. The number of halogens is 1. The van der Waals surface area contributed by atoms with Crippen molar-refractivity contribution in [2.45, 2.75) is 0 Å². The molecule has 34 heavy (non-hydrogen) atoms. The second-order valence-corrected chi connectivity index (χ2v) is 8.58. The van der Waals surface area contributed by atoms with Crippen LogP contribution >= 0.6 is 27.3 Å². The molecule has 6 heterocycles. The Labute approximate surface area is 204 Å². The minimum absolute atomic E-state index is 0.236. The number of rotatable bonds is 4. The van der Waals surface area contributed by atoms with Crippen LogP contribution in [0.15, 0.2) is 82.3 Å². The Morgan fingerprint density at radius 2 is 1.74 bits per heavy atom. The molecule has 0 aromatic carbocycles. The molecule has 0 unspecified atom stereocenters. The summed E-state index contributed by atoms with van der Waals surface area (Å²) in [5, 5.41) is 17.0. The summed E-state index contributed by atoms with van der Waals surface area (Å²) in [5.41, 5.74) is 3.90. The fourth-order valence-corrected chi connectivity index (χ4v) is 4.27. The molecule has 0 saturated carbocycles. The fourth-order valence-electron chi connectivity index (χ4n) is 2.98. The van der Waals surface area contributed by atoms with Crippen molar-refractivity contribution >= 4 is 48.7 Å². The molecule has 0 saturated heterocycles. The van der Waals surface area contributed by atoms with Gasteiger partial charge in [-0.05, 0) is 52.3 Å². The summed E-state index contributed by atoms with van der Waals surface area (Å²) < 4.78 is 6.82. The van der Waals surface area contributed by atoms with E-state index in [2.05, 4.69) is 56.6 Å². The van der Waals surface area contributed by atoms with E-state index in [9.17, 15) is 4.79 Å². The normalized spacial score (nSPS) is 10.6. The minimum Gasteiger partial charge on any atom is -0.459 e. The molecule has 6 aromatic rings. The predicted molar refractivity (Wildman–Crippen MR) is 131 cm³/mol. The SMILES string of the molecule is Brc1cn[nH]c1-c1ccccn1.O=C(Nc1nc2n[nH]c(-c3ccccn3)c2s1)c1ccco1. The summed E-state index contributed by atoms with van der Waals surface area (Å²) in [6.07, 6.45) is 6.62. The van der Waals surface area contributed by atoms with Crippen molar-refractivity contribution in [1.29, 1.82) is 0 Å². The van der Waals surface area contributed by atoms with E-state index >= 15 is 0 Å². The van der Waals surface area contributed by atoms with Crippen molar-refractivity contribution < 1.29 is 9.21 Å². The Morgan fingerprint density at radius 1 is 0.971 bits per heavy atom. The predicted octanol–water partition coefficient (Wildman–Crippen LogP) is 5.16. The Hall–Kier alpha value is -4.16. The highest BCUT2D eigenvalue weighted by Crippen LogP contribution is 2.32. The van der Waals surface area contributed by atoms with E-state index in [-0.39, 0.29) is 11.7 Å². The van der Waals surface area contributed by atoms with Crippen molar-refractivity contribution in [3.05, 3.63) is 83.6 Å². The van der Waals surface area contributed by atoms with Gasteiger partial charge in [0.25, 0.3) is 5.91 Å². The third-order valence-corrected chi connectivity index (χ3v) is 6.09. The van der Waals surface area contributed by atoms with E-state index in [1.807, 2.05) is 36.4 Å². The molecule has 6 rings (SSSR count). The van der Waals surface area contributed by atoms with Crippen molar-refractivity contribution in [2.75, 3.05) is 5.32 Å². The number of aromatic nitrogens is 7. The standard InChI is InChI=1S/C14H9N5O2S.C8H6BrN3/c20-13(9-5-3-7-21-9)17-14-16-12-11(22-14)10(18-19-12)8-4-1-2-6-15-8;9-6-5-11-12-8(6)7-3-1-2-4-10-7/h1-7H,(H2,16,17,18,19,20);1-5H,(H,11,12). The van der Waals surface area contributed by atoms with E-state index < -0.39 is 0 Å². The van der Waals surface area contributed by atoms with Gasteiger partial charge < -0.3 is 4.42 Å². The van der Waals surface area contributed by atoms with Crippen LogP contribution in [-0.4, -0.2) is 41.3 Å². The molecule has 0 atom stereocenters. The third-order valence-electron chi connectivity index (χ3n) is 4.51. The van der Waals surface area contributed by atoms with Crippen LogP contribution in [0.3, 0.4) is 0 Å². The van der Waals surface area contributed by atoms with Crippen LogP contribution in [0.5, 0.6) is 0 Å². The molecule has 0 aliphatic heterocycles. The van der Waals surface area contributed by atoms with Gasteiger partial charge >= 0.3 is 0 Å². The van der Waals surface area contributed by atoms with Gasteiger partial charge in [0.1, 0.15) is 10.4 Å². The number of pyridine rings is 2. The lowest BCUT2D eigenvalue weighted by Crippen LogP contribution is -2.10. The average Bonchev–Trinajstić information content (AvgIpc) is 3.66. The third kappa shape index (κ3) is 4.63. The van der Waals surface area contributed by atoms with E-state index in [4.69, 9.17) is 4.42 Å². The van der Waals surface area contributed by atoms with Crippen LogP contribution in [0.4, 0.5) is 5.13 Å². The Kier molecular flexibility index (Phi) is 6.23.